The average molecular weight is 376 g/mol. The maximum Gasteiger partial charge on any atom is 1.00 e. The van der Waals surface area contributed by atoms with Crippen LogP contribution in [0.15, 0.2) is 36.4 Å². The summed E-state index contributed by atoms with van der Waals surface area (Å²) in [5.74, 6) is -1.69. The van der Waals surface area contributed by atoms with Crippen molar-refractivity contribution in [2.24, 2.45) is 0 Å². The van der Waals surface area contributed by atoms with Gasteiger partial charge in [-0.15, -0.1) is 0 Å². The Balaban J connectivity index is 0.00000156. The molecule has 0 saturated heterocycles. The monoisotopic (exact) mass is 376 g/mol. The van der Waals surface area contributed by atoms with Crippen LogP contribution in [-0.4, -0.2) is 27.5 Å². The summed E-state index contributed by atoms with van der Waals surface area (Å²) in [6.45, 7) is 0. The van der Waals surface area contributed by atoms with Crippen molar-refractivity contribution in [1.82, 2.24) is 8.75 Å². The number of carbonyl (C=O) groups is 1. The van der Waals surface area contributed by atoms with E-state index in [1.165, 1.54) is 24.3 Å². The number of hydrogen-bond acceptors (Lipinski definition) is 6. The number of aromatic nitrogens is 2. The molecule has 1 aromatic heterocycles. The molecule has 0 aliphatic rings. The molecule has 0 unspecified atom stereocenters. The standard InChI is InChI=1S/C14H9FN2O4S2.Na.H/c15-10-3-1-8(2-4-10)14(18)11-6-13-12(16-22-17-13)5-9(11)7-23(19,20)21;;/h1-6H,7H2,(H,19,20,21);;/q;+1;-1. The number of fused-ring (bicyclic) bond motifs is 1. The van der Waals surface area contributed by atoms with E-state index < -0.39 is 27.5 Å². The van der Waals surface area contributed by atoms with Crippen molar-refractivity contribution in [2.75, 3.05) is 0 Å². The van der Waals surface area contributed by atoms with Crippen molar-refractivity contribution in [2.45, 2.75) is 5.75 Å². The van der Waals surface area contributed by atoms with E-state index >= 15 is 0 Å². The summed E-state index contributed by atoms with van der Waals surface area (Å²) in [4.78, 5) is 12.6. The Morgan fingerprint density at radius 2 is 1.75 bits per heavy atom. The average Bonchev–Trinajstić information content (AvgIpc) is 2.92. The van der Waals surface area contributed by atoms with Gasteiger partial charge in [-0.05, 0) is 42.0 Å². The summed E-state index contributed by atoms with van der Waals surface area (Å²) in [5.41, 5.74) is 1.27. The molecule has 6 nitrogen and oxygen atoms in total. The van der Waals surface area contributed by atoms with Crippen molar-refractivity contribution in [1.29, 1.82) is 0 Å². The van der Waals surface area contributed by atoms with E-state index in [0.29, 0.717) is 11.0 Å². The molecule has 120 valence electrons. The number of nitrogens with zero attached hydrogens (tertiary/aromatic N) is 2. The Bertz CT molecular complexity index is 1010. The Morgan fingerprint density at radius 1 is 1.17 bits per heavy atom. The smallest absolute Gasteiger partial charge is 1.00 e. The van der Waals surface area contributed by atoms with Crippen LogP contribution >= 0.6 is 11.7 Å². The van der Waals surface area contributed by atoms with Gasteiger partial charge in [0.25, 0.3) is 10.1 Å². The minimum atomic E-state index is -4.33. The second kappa shape index (κ2) is 7.34. The fraction of sp³-hybridized carbons (Fsp3) is 0.0714. The number of halogens is 1. The maximum absolute atomic E-state index is 13.0. The zero-order valence-corrected chi connectivity index (χ0v) is 16.1. The van der Waals surface area contributed by atoms with Crippen LogP contribution in [0, 0.1) is 5.82 Å². The van der Waals surface area contributed by atoms with Crippen LogP contribution < -0.4 is 29.6 Å². The molecule has 3 rings (SSSR count). The molecular formula is C14H10FN2NaO4S2. The van der Waals surface area contributed by atoms with Crippen LogP contribution in [0.3, 0.4) is 0 Å². The van der Waals surface area contributed by atoms with Gasteiger partial charge in [-0.3, -0.25) is 9.35 Å². The second-order valence-corrected chi connectivity index (χ2v) is 6.81. The first-order chi connectivity index (χ1) is 10.8. The largest absolute Gasteiger partial charge is 1.00 e. The minimum Gasteiger partial charge on any atom is -1.00 e. The summed E-state index contributed by atoms with van der Waals surface area (Å²) in [6.07, 6.45) is 0. The topological polar surface area (TPSA) is 97.2 Å². The first kappa shape index (κ1) is 19.1. The molecule has 0 fully saturated rings. The maximum atomic E-state index is 13.0. The first-order valence-corrected chi connectivity index (χ1v) is 8.68. The van der Waals surface area contributed by atoms with Crippen molar-refractivity contribution in [3.8, 4) is 0 Å². The molecule has 1 heterocycles. The fourth-order valence-corrected chi connectivity index (χ4v) is 3.30. The molecule has 0 radical (unpaired) electrons. The third-order valence-corrected chi connectivity index (χ3v) is 4.40. The first-order valence-electron chi connectivity index (χ1n) is 6.34. The van der Waals surface area contributed by atoms with Gasteiger partial charge in [0, 0.05) is 11.1 Å². The van der Waals surface area contributed by atoms with E-state index in [0.717, 1.165) is 23.9 Å². The summed E-state index contributed by atoms with van der Waals surface area (Å²) in [6, 6.07) is 7.71. The van der Waals surface area contributed by atoms with Gasteiger partial charge in [-0.1, -0.05) is 0 Å². The normalized spacial score (nSPS) is 11.2. The summed E-state index contributed by atoms with van der Waals surface area (Å²) in [5, 5.41) is 0. The van der Waals surface area contributed by atoms with Gasteiger partial charge >= 0.3 is 29.6 Å². The van der Waals surface area contributed by atoms with E-state index in [1.807, 2.05) is 0 Å². The molecule has 0 aliphatic carbocycles. The Labute approximate surface area is 164 Å². The number of rotatable bonds is 4. The molecule has 1 N–H and O–H groups in total. The van der Waals surface area contributed by atoms with Crippen molar-refractivity contribution in [3.05, 3.63) is 58.9 Å². The van der Waals surface area contributed by atoms with Gasteiger partial charge in [0.05, 0.1) is 11.7 Å². The van der Waals surface area contributed by atoms with Gasteiger partial charge in [-0.25, -0.2) is 4.39 Å². The van der Waals surface area contributed by atoms with Crippen molar-refractivity contribution < 1.29 is 53.1 Å². The van der Waals surface area contributed by atoms with Gasteiger partial charge in [-0.2, -0.15) is 17.2 Å². The van der Waals surface area contributed by atoms with E-state index in [4.69, 9.17) is 4.55 Å². The number of benzene rings is 2. The number of hydrogen-bond donors (Lipinski definition) is 1. The molecule has 0 bridgehead atoms. The second-order valence-electron chi connectivity index (χ2n) is 4.82. The summed E-state index contributed by atoms with van der Waals surface area (Å²) < 4.78 is 52.5. The van der Waals surface area contributed by atoms with Gasteiger partial charge in [0.2, 0.25) is 0 Å². The van der Waals surface area contributed by atoms with Crippen molar-refractivity contribution >= 4 is 38.7 Å². The SMILES string of the molecule is O=C(c1ccc(F)cc1)c1cc2nsnc2cc1CS(=O)(=O)O.[H-].[Na+]. The van der Waals surface area contributed by atoms with E-state index in [2.05, 4.69) is 8.75 Å². The zero-order valence-electron chi connectivity index (χ0n) is 13.4. The van der Waals surface area contributed by atoms with Gasteiger partial charge < -0.3 is 1.43 Å². The van der Waals surface area contributed by atoms with E-state index in [1.54, 1.807) is 0 Å². The molecule has 3 aromatic rings. The molecule has 10 heteroatoms. The molecule has 24 heavy (non-hydrogen) atoms. The quantitative estimate of drug-likeness (QED) is 0.377. The predicted molar refractivity (Wildman–Crippen MR) is 83.6 cm³/mol. The number of carbonyl (C=O) groups excluding carboxylic acids is 1. The van der Waals surface area contributed by atoms with Crippen LogP contribution in [0.1, 0.15) is 22.9 Å². The Hall–Kier alpha value is -1.23. The van der Waals surface area contributed by atoms with Crippen LogP contribution in [0.4, 0.5) is 4.39 Å². The Kier molecular flexibility index (Phi) is 5.84. The molecule has 0 saturated carbocycles. The zero-order chi connectivity index (χ0) is 16.6. The molecule has 0 amide bonds. The van der Waals surface area contributed by atoms with Gasteiger partial charge in [0.15, 0.2) is 5.78 Å². The van der Waals surface area contributed by atoms with E-state index in [-0.39, 0.29) is 47.7 Å². The summed E-state index contributed by atoms with van der Waals surface area (Å²) in [7, 11) is -4.33. The van der Waals surface area contributed by atoms with E-state index in [9.17, 15) is 17.6 Å². The summed E-state index contributed by atoms with van der Waals surface area (Å²) >= 11 is 0.925. The van der Waals surface area contributed by atoms with Crippen LogP contribution in [0.25, 0.3) is 11.0 Å². The van der Waals surface area contributed by atoms with Crippen LogP contribution in [0.5, 0.6) is 0 Å². The van der Waals surface area contributed by atoms with Crippen LogP contribution in [0.2, 0.25) is 0 Å². The molecule has 0 aliphatic heterocycles. The van der Waals surface area contributed by atoms with Crippen LogP contribution in [-0.2, 0) is 15.9 Å². The molecule has 2 aromatic carbocycles. The third kappa shape index (κ3) is 4.24. The predicted octanol–water partition coefficient (Wildman–Crippen LogP) is -0.434. The van der Waals surface area contributed by atoms with Gasteiger partial charge in [0.1, 0.15) is 22.6 Å². The number of ketones is 1. The minimum absolute atomic E-state index is 0. The fourth-order valence-electron chi connectivity index (χ4n) is 2.16. The Morgan fingerprint density at radius 3 is 2.33 bits per heavy atom. The molecule has 0 spiro atoms. The van der Waals surface area contributed by atoms with Crippen molar-refractivity contribution in [3.63, 3.8) is 0 Å². The molecule has 0 atom stereocenters. The third-order valence-electron chi connectivity index (χ3n) is 3.17. The molecular weight excluding hydrogens is 366 g/mol.